The molecule has 0 aromatic carbocycles. The molecule has 2 N–H and O–H groups in total. The zero-order chi connectivity index (χ0) is 14.2. The third kappa shape index (κ3) is 2.56. The summed E-state index contributed by atoms with van der Waals surface area (Å²) >= 11 is 0. The molecular formula is C14H21N5O. The minimum atomic E-state index is -0.0811. The molecule has 6 heteroatoms. The van der Waals surface area contributed by atoms with Crippen molar-refractivity contribution in [2.45, 2.75) is 38.3 Å². The number of aromatic nitrogens is 3. The van der Waals surface area contributed by atoms with Crippen molar-refractivity contribution in [2.24, 2.45) is 0 Å². The van der Waals surface area contributed by atoms with Crippen molar-refractivity contribution >= 4 is 17.3 Å². The van der Waals surface area contributed by atoms with Crippen LogP contribution in [0.15, 0.2) is 18.6 Å². The van der Waals surface area contributed by atoms with Crippen molar-refractivity contribution in [1.82, 2.24) is 14.4 Å². The predicted molar refractivity (Wildman–Crippen MR) is 79.2 cm³/mol. The fourth-order valence-corrected chi connectivity index (χ4v) is 2.70. The van der Waals surface area contributed by atoms with Crippen LogP contribution < -0.4 is 10.6 Å². The van der Waals surface area contributed by atoms with Crippen LogP contribution in [0.3, 0.4) is 0 Å². The third-order valence-corrected chi connectivity index (χ3v) is 3.67. The summed E-state index contributed by atoms with van der Waals surface area (Å²) in [7, 11) is 1.87. The number of hydrogen-bond acceptors (Lipinski definition) is 5. The number of nitrogens with zero attached hydrogens (tertiary/aromatic N) is 3. The average molecular weight is 275 g/mol. The van der Waals surface area contributed by atoms with Gasteiger partial charge in [-0.05, 0) is 26.7 Å². The topological polar surface area (TPSA) is 63.5 Å². The summed E-state index contributed by atoms with van der Waals surface area (Å²) in [6, 6.07) is 0.360. The van der Waals surface area contributed by atoms with E-state index in [1.165, 1.54) is 0 Å². The van der Waals surface area contributed by atoms with Crippen LogP contribution in [0.5, 0.6) is 0 Å². The quantitative estimate of drug-likeness (QED) is 0.898. The third-order valence-electron chi connectivity index (χ3n) is 3.67. The molecule has 0 spiro atoms. The first-order valence-corrected chi connectivity index (χ1v) is 6.99. The SMILES string of the molecule is CNc1cn2ccnc2c(NC2CCOC(C)(C)C2)n1. The van der Waals surface area contributed by atoms with Crippen molar-refractivity contribution in [1.29, 1.82) is 0 Å². The maximum absolute atomic E-state index is 5.76. The van der Waals surface area contributed by atoms with Crippen LogP contribution in [0.25, 0.3) is 5.65 Å². The summed E-state index contributed by atoms with van der Waals surface area (Å²) in [5.41, 5.74) is 0.774. The van der Waals surface area contributed by atoms with E-state index in [2.05, 4.69) is 34.4 Å². The first kappa shape index (κ1) is 13.2. The molecule has 0 radical (unpaired) electrons. The van der Waals surface area contributed by atoms with Gasteiger partial charge in [0.15, 0.2) is 11.5 Å². The van der Waals surface area contributed by atoms with E-state index >= 15 is 0 Å². The molecule has 1 fully saturated rings. The first-order valence-electron chi connectivity index (χ1n) is 6.99. The van der Waals surface area contributed by atoms with Gasteiger partial charge in [-0.3, -0.25) is 0 Å². The minimum Gasteiger partial charge on any atom is -0.375 e. The van der Waals surface area contributed by atoms with Crippen molar-refractivity contribution in [3.8, 4) is 0 Å². The molecule has 3 rings (SSSR count). The van der Waals surface area contributed by atoms with Crippen LogP contribution in [0.4, 0.5) is 11.6 Å². The lowest BCUT2D eigenvalue weighted by molar-refractivity contribution is -0.0553. The van der Waals surface area contributed by atoms with Gasteiger partial charge in [0.25, 0.3) is 0 Å². The number of ether oxygens (including phenoxy) is 1. The Morgan fingerprint density at radius 3 is 3.05 bits per heavy atom. The second-order valence-electron chi connectivity index (χ2n) is 5.83. The van der Waals surface area contributed by atoms with Gasteiger partial charge in [0.2, 0.25) is 0 Å². The van der Waals surface area contributed by atoms with Crippen LogP contribution in [0.1, 0.15) is 26.7 Å². The van der Waals surface area contributed by atoms with Gasteiger partial charge in [-0.25, -0.2) is 9.97 Å². The Morgan fingerprint density at radius 2 is 2.30 bits per heavy atom. The van der Waals surface area contributed by atoms with Gasteiger partial charge >= 0.3 is 0 Å². The zero-order valence-electron chi connectivity index (χ0n) is 12.2. The lowest BCUT2D eigenvalue weighted by atomic mass is 9.94. The Kier molecular flexibility index (Phi) is 3.25. The van der Waals surface area contributed by atoms with Gasteiger partial charge in [0.1, 0.15) is 5.82 Å². The molecule has 0 aliphatic carbocycles. The molecule has 0 amide bonds. The fraction of sp³-hybridized carbons (Fsp3) is 0.571. The molecule has 3 heterocycles. The Morgan fingerprint density at radius 1 is 1.45 bits per heavy atom. The number of nitrogens with one attached hydrogen (secondary N) is 2. The molecule has 1 unspecified atom stereocenters. The Hall–Kier alpha value is -1.82. The predicted octanol–water partition coefficient (Wildman–Crippen LogP) is 2.14. The monoisotopic (exact) mass is 275 g/mol. The lowest BCUT2D eigenvalue weighted by Crippen LogP contribution is -2.40. The number of hydrogen-bond donors (Lipinski definition) is 2. The molecule has 1 atom stereocenters. The van der Waals surface area contributed by atoms with E-state index in [4.69, 9.17) is 4.74 Å². The largest absolute Gasteiger partial charge is 0.375 e. The van der Waals surface area contributed by atoms with Gasteiger partial charge in [0, 0.05) is 32.1 Å². The van der Waals surface area contributed by atoms with E-state index in [-0.39, 0.29) is 5.60 Å². The van der Waals surface area contributed by atoms with Crippen molar-refractivity contribution in [3.63, 3.8) is 0 Å². The van der Waals surface area contributed by atoms with Crippen molar-refractivity contribution in [3.05, 3.63) is 18.6 Å². The van der Waals surface area contributed by atoms with Crippen LogP contribution in [0.2, 0.25) is 0 Å². The van der Waals surface area contributed by atoms with E-state index in [9.17, 15) is 0 Å². The van der Waals surface area contributed by atoms with Crippen LogP contribution in [-0.2, 0) is 4.74 Å². The molecule has 2 aromatic heterocycles. The maximum Gasteiger partial charge on any atom is 0.180 e. The molecular weight excluding hydrogens is 254 g/mol. The Bertz CT molecular complexity index is 607. The highest BCUT2D eigenvalue weighted by Crippen LogP contribution is 2.27. The Labute approximate surface area is 118 Å². The molecule has 0 saturated carbocycles. The summed E-state index contributed by atoms with van der Waals surface area (Å²) in [6.45, 7) is 5.04. The normalized spacial score (nSPS) is 21.9. The van der Waals surface area contributed by atoms with Crippen molar-refractivity contribution in [2.75, 3.05) is 24.3 Å². The van der Waals surface area contributed by atoms with Gasteiger partial charge in [-0.1, -0.05) is 0 Å². The molecule has 1 aliphatic heterocycles. The molecule has 20 heavy (non-hydrogen) atoms. The van der Waals surface area contributed by atoms with Crippen LogP contribution >= 0.6 is 0 Å². The van der Waals surface area contributed by atoms with Gasteiger partial charge < -0.3 is 19.8 Å². The smallest absolute Gasteiger partial charge is 0.180 e. The number of imidazole rings is 1. The first-order chi connectivity index (χ1) is 9.57. The maximum atomic E-state index is 5.76. The minimum absolute atomic E-state index is 0.0811. The van der Waals surface area contributed by atoms with E-state index in [1.807, 2.05) is 23.8 Å². The second-order valence-corrected chi connectivity index (χ2v) is 5.83. The highest BCUT2D eigenvalue weighted by molar-refractivity contribution is 5.65. The highest BCUT2D eigenvalue weighted by atomic mass is 16.5. The molecule has 6 nitrogen and oxygen atoms in total. The number of rotatable bonds is 3. The van der Waals surface area contributed by atoms with Gasteiger partial charge in [0.05, 0.1) is 11.8 Å². The van der Waals surface area contributed by atoms with Crippen LogP contribution in [-0.4, -0.2) is 39.7 Å². The summed E-state index contributed by atoms with van der Waals surface area (Å²) in [4.78, 5) is 8.96. The number of anilines is 2. The van der Waals surface area contributed by atoms with E-state index in [1.54, 1.807) is 6.20 Å². The van der Waals surface area contributed by atoms with Crippen LogP contribution in [0, 0.1) is 0 Å². The fourth-order valence-electron chi connectivity index (χ4n) is 2.70. The molecule has 1 aliphatic rings. The zero-order valence-corrected chi connectivity index (χ0v) is 12.2. The summed E-state index contributed by atoms with van der Waals surface area (Å²) < 4.78 is 7.73. The van der Waals surface area contributed by atoms with E-state index < -0.39 is 0 Å². The Balaban J connectivity index is 1.88. The average Bonchev–Trinajstić information content (AvgIpc) is 2.85. The molecule has 2 aromatic rings. The lowest BCUT2D eigenvalue weighted by Gasteiger charge is -2.36. The standard InChI is InChI=1S/C14H21N5O/c1-14(2)8-10(4-7-20-14)17-12-13-16-5-6-19(13)9-11(15-3)18-12/h5-6,9-10,15H,4,7-8H2,1-3H3,(H,17,18). The second kappa shape index (κ2) is 4.94. The van der Waals surface area contributed by atoms with Gasteiger partial charge in [-0.2, -0.15) is 0 Å². The van der Waals surface area contributed by atoms with E-state index in [0.717, 1.165) is 36.7 Å². The number of fused-ring (bicyclic) bond motifs is 1. The molecule has 108 valence electrons. The summed E-state index contributed by atoms with van der Waals surface area (Å²) in [5, 5.41) is 6.60. The van der Waals surface area contributed by atoms with Crippen molar-refractivity contribution < 1.29 is 4.74 Å². The van der Waals surface area contributed by atoms with E-state index in [0.29, 0.717) is 6.04 Å². The highest BCUT2D eigenvalue weighted by Gasteiger charge is 2.29. The summed E-state index contributed by atoms with van der Waals surface area (Å²) in [5.74, 6) is 1.65. The molecule has 0 bridgehead atoms. The summed E-state index contributed by atoms with van der Waals surface area (Å²) in [6.07, 6.45) is 7.60. The van der Waals surface area contributed by atoms with Gasteiger partial charge in [-0.15, -0.1) is 0 Å². The molecule has 1 saturated heterocycles.